The molecule has 1 N–H and O–H groups in total. The average molecular weight is 168 g/mol. The van der Waals surface area contributed by atoms with Gasteiger partial charge in [-0.2, -0.15) is 0 Å². The fourth-order valence-electron chi connectivity index (χ4n) is 1.59. The number of hydrogen-bond acceptors (Lipinski definition) is 1. The van der Waals surface area contributed by atoms with Gasteiger partial charge in [-0.3, -0.25) is 4.57 Å². The molecule has 0 saturated heterocycles. The zero-order chi connectivity index (χ0) is 9.14. The van der Waals surface area contributed by atoms with Gasteiger partial charge >= 0.3 is 5.69 Å². The van der Waals surface area contributed by atoms with Crippen molar-refractivity contribution in [1.29, 1.82) is 0 Å². The highest BCUT2D eigenvalue weighted by Gasteiger charge is 2.08. The van der Waals surface area contributed by atoms with Crippen molar-refractivity contribution >= 4 is 0 Å². The Morgan fingerprint density at radius 1 is 1.25 bits per heavy atom. The first-order chi connectivity index (χ1) is 5.74. The molecule has 0 radical (unpaired) electrons. The topological polar surface area (TPSA) is 37.8 Å². The number of rotatable bonds is 3. The zero-order valence-corrected chi connectivity index (χ0v) is 7.98. The molecule has 0 aromatic carbocycles. The number of aromatic amines is 1. The SMILES string of the molecule is CCc1[nH]c(=O)n(CC)c1CC. The summed E-state index contributed by atoms with van der Waals surface area (Å²) in [6, 6.07) is 0. The monoisotopic (exact) mass is 168 g/mol. The lowest BCUT2D eigenvalue weighted by Crippen LogP contribution is -2.17. The lowest BCUT2D eigenvalue weighted by atomic mass is 10.2. The van der Waals surface area contributed by atoms with E-state index in [0.717, 1.165) is 30.8 Å². The van der Waals surface area contributed by atoms with Crippen LogP contribution >= 0.6 is 0 Å². The van der Waals surface area contributed by atoms with Gasteiger partial charge in [-0.1, -0.05) is 13.8 Å². The summed E-state index contributed by atoms with van der Waals surface area (Å²) in [5.41, 5.74) is 2.28. The Morgan fingerprint density at radius 3 is 2.33 bits per heavy atom. The van der Waals surface area contributed by atoms with Crippen molar-refractivity contribution in [2.75, 3.05) is 0 Å². The molecule has 0 atom stereocenters. The maximum Gasteiger partial charge on any atom is 0.325 e. The number of nitrogens with zero attached hydrogens (tertiary/aromatic N) is 1. The van der Waals surface area contributed by atoms with Gasteiger partial charge in [-0.15, -0.1) is 0 Å². The van der Waals surface area contributed by atoms with E-state index in [1.807, 2.05) is 6.92 Å². The third-order valence-electron chi connectivity index (χ3n) is 2.18. The summed E-state index contributed by atoms with van der Waals surface area (Å²) in [5, 5.41) is 0. The minimum Gasteiger partial charge on any atom is -0.310 e. The molecule has 0 bridgehead atoms. The lowest BCUT2D eigenvalue weighted by Gasteiger charge is -2.02. The van der Waals surface area contributed by atoms with Crippen LogP contribution in [0.1, 0.15) is 32.2 Å². The minimum absolute atomic E-state index is 0.0335. The molecule has 0 aliphatic heterocycles. The van der Waals surface area contributed by atoms with Crippen LogP contribution in [0.3, 0.4) is 0 Å². The second kappa shape index (κ2) is 3.61. The predicted octanol–water partition coefficient (Wildman–Crippen LogP) is 1.32. The summed E-state index contributed by atoms with van der Waals surface area (Å²) >= 11 is 0. The summed E-state index contributed by atoms with van der Waals surface area (Å²) in [6.45, 7) is 6.89. The normalized spacial score (nSPS) is 10.6. The number of aryl methyl sites for hydroxylation is 1. The molecule has 1 aromatic heterocycles. The second-order valence-electron chi connectivity index (χ2n) is 2.81. The van der Waals surface area contributed by atoms with Crippen LogP contribution in [0.15, 0.2) is 4.79 Å². The van der Waals surface area contributed by atoms with Crippen molar-refractivity contribution in [3.8, 4) is 0 Å². The zero-order valence-electron chi connectivity index (χ0n) is 7.98. The van der Waals surface area contributed by atoms with E-state index in [4.69, 9.17) is 0 Å². The number of nitrogens with one attached hydrogen (secondary N) is 1. The van der Waals surface area contributed by atoms with Crippen molar-refractivity contribution in [1.82, 2.24) is 9.55 Å². The number of imidazole rings is 1. The van der Waals surface area contributed by atoms with Crippen LogP contribution in [0.5, 0.6) is 0 Å². The van der Waals surface area contributed by atoms with E-state index in [1.54, 1.807) is 4.57 Å². The quantitative estimate of drug-likeness (QED) is 0.726. The maximum atomic E-state index is 11.3. The first-order valence-electron chi connectivity index (χ1n) is 4.55. The Morgan fingerprint density at radius 2 is 1.92 bits per heavy atom. The Bertz CT molecular complexity index is 309. The standard InChI is InChI=1S/C9H16N2O/c1-4-7-8(5-2)11(6-3)9(12)10-7/h4-6H2,1-3H3,(H,10,12). The summed E-state index contributed by atoms with van der Waals surface area (Å²) in [5.74, 6) is 0. The molecule has 3 nitrogen and oxygen atoms in total. The van der Waals surface area contributed by atoms with Gasteiger partial charge in [0.2, 0.25) is 0 Å². The van der Waals surface area contributed by atoms with Crippen molar-refractivity contribution in [3.05, 3.63) is 21.9 Å². The number of hydrogen-bond donors (Lipinski definition) is 1. The van der Waals surface area contributed by atoms with Crippen molar-refractivity contribution < 1.29 is 0 Å². The van der Waals surface area contributed by atoms with E-state index in [9.17, 15) is 4.79 Å². The van der Waals surface area contributed by atoms with Gasteiger partial charge in [0.05, 0.1) is 0 Å². The van der Waals surface area contributed by atoms with E-state index >= 15 is 0 Å². The van der Waals surface area contributed by atoms with Crippen molar-refractivity contribution in [3.63, 3.8) is 0 Å². The predicted molar refractivity (Wildman–Crippen MR) is 49.5 cm³/mol. The van der Waals surface area contributed by atoms with Crippen LogP contribution in [0.4, 0.5) is 0 Å². The molecule has 0 unspecified atom stereocenters. The lowest BCUT2D eigenvalue weighted by molar-refractivity contribution is 0.688. The molecule has 1 aromatic rings. The highest BCUT2D eigenvalue weighted by molar-refractivity contribution is 5.12. The smallest absolute Gasteiger partial charge is 0.310 e. The van der Waals surface area contributed by atoms with E-state index in [2.05, 4.69) is 18.8 Å². The van der Waals surface area contributed by atoms with Crippen LogP contribution in [-0.2, 0) is 19.4 Å². The highest BCUT2D eigenvalue weighted by atomic mass is 16.1. The molecule has 0 spiro atoms. The molecule has 68 valence electrons. The van der Waals surface area contributed by atoms with Crippen LogP contribution in [0, 0.1) is 0 Å². The summed E-state index contributed by atoms with van der Waals surface area (Å²) in [6.07, 6.45) is 1.83. The molecule has 3 heteroatoms. The Hall–Kier alpha value is -0.990. The van der Waals surface area contributed by atoms with Crippen molar-refractivity contribution in [2.45, 2.75) is 40.2 Å². The molecule has 12 heavy (non-hydrogen) atoms. The van der Waals surface area contributed by atoms with Gasteiger partial charge < -0.3 is 4.98 Å². The molecule has 0 aliphatic rings. The molecule has 0 aliphatic carbocycles. The fourth-order valence-corrected chi connectivity index (χ4v) is 1.59. The first-order valence-corrected chi connectivity index (χ1v) is 4.55. The van der Waals surface area contributed by atoms with E-state index in [1.165, 1.54) is 0 Å². The molecule has 0 saturated carbocycles. The molecular formula is C9H16N2O. The Balaban J connectivity index is 3.25. The van der Waals surface area contributed by atoms with Gasteiger partial charge in [-0.25, -0.2) is 4.79 Å². The summed E-state index contributed by atoms with van der Waals surface area (Å²) in [7, 11) is 0. The summed E-state index contributed by atoms with van der Waals surface area (Å²) < 4.78 is 1.80. The van der Waals surface area contributed by atoms with Crippen LogP contribution in [0.2, 0.25) is 0 Å². The molecule has 1 rings (SSSR count). The third kappa shape index (κ3) is 1.31. The van der Waals surface area contributed by atoms with Crippen LogP contribution in [-0.4, -0.2) is 9.55 Å². The van der Waals surface area contributed by atoms with Crippen LogP contribution in [0.25, 0.3) is 0 Å². The minimum atomic E-state index is 0.0335. The molecule has 0 amide bonds. The maximum absolute atomic E-state index is 11.3. The van der Waals surface area contributed by atoms with Gasteiger partial charge in [0.15, 0.2) is 0 Å². The van der Waals surface area contributed by atoms with E-state index in [0.29, 0.717) is 0 Å². The number of aromatic nitrogens is 2. The summed E-state index contributed by atoms with van der Waals surface area (Å²) in [4.78, 5) is 14.2. The van der Waals surface area contributed by atoms with E-state index in [-0.39, 0.29) is 5.69 Å². The van der Waals surface area contributed by atoms with Crippen molar-refractivity contribution in [2.24, 2.45) is 0 Å². The molecule has 0 fully saturated rings. The largest absolute Gasteiger partial charge is 0.325 e. The van der Waals surface area contributed by atoms with Gasteiger partial charge in [0.1, 0.15) is 0 Å². The van der Waals surface area contributed by atoms with Gasteiger partial charge in [0, 0.05) is 17.9 Å². The highest BCUT2D eigenvalue weighted by Crippen LogP contribution is 2.05. The third-order valence-corrected chi connectivity index (χ3v) is 2.18. The Labute approximate surface area is 72.4 Å². The first kappa shape index (κ1) is 9.10. The Kier molecular flexibility index (Phi) is 2.74. The second-order valence-corrected chi connectivity index (χ2v) is 2.81. The fraction of sp³-hybridized carbons (Fsp3) is 0.667. The number of H-pyrrole nitrogens is 1. The molecular weight excluding hydrogens is 152 g/mol. The van der Waals surface area contributed by atoms with E-state index < -0.39 is 0 Å². The molecule has 1 heterocycles. The van der Waals surface area contributed by atoms with Crippen LogP contribution < -0.4 is 5.69 Å². The van der Waals surface area contributed by atoms with Gasteiger partial charge in [0.25, 0.3) is 0 Å². The van der Waals surface area contributed by atoms with Gasteiger partial charge in [-0.05, 0) is 19.8 Å². The average Bonchev–Trinajstić information content (AvgIpc) is 2.40.